The smallest absolute Gasteiger partial charge is 0.259 e. The van der Waals surface area contributed by atoms with Crippen LogP contribution in [0, 0.1) is 17.3 Å². The Morgan fingerprint density at radius 2 is 1.57 bits per heavy atom. The molecule has 0 radical (unpaired) electrons. The van der Waals surface area contributed by atoms with E-state index >= 15 is 0 Å². The summed E-state index contributed by atoms with van der Waals surface area (Å²) in [6.45, 7) is 8.23. The summed E-state index contributed by atoms with van der Waals surface area (Å²) in [5.74, 6) is -1.34. The highest BCUT2D eigenvalue weighted by Gasteiger charge is 2.49. The van der Waals surface area contributed by atoms with Gasteiger partial charge >= 0.3 is 0 Å². The van der Waals surface area contributed by atoms with E-state index in [-0.39, 0.29) is 30.6 Å². The molecule has 23 heavy (non-hydrogen) atoms. The molecule has 0 fully saturated rings. The summed E-state index contributed by atoms with van der Waals surface area (Å²) in [6.07, 6.45) is -0.0878. The molecule has 134 valence electrons. The fourth-order valence-corrected chi connectivity index (χ4v) is 2.78. The molecule has 7 nitrogen and oxygen atoms in total. The quantitative estimate of drug-likeness (QED) is 0.397. The van der Waals surface area contributed by atoms with E-state index in [0.717, 1.165) is 0 Å². The van der Waals surface area contributed by atoms with Gasteiger partial charge in [-0.3, -0.25) is 19.6 Å². The lowest BCUT2D eigenvalue weighted by Gasteiger charge is -2.34. The zero-order valence-corrected chi connectivity index (χ0v) is 15.3. The van der Waals surface area contributed by atoms with Crippen LogP contribution >= 0.6 is 0 Å². The molecule has 0 saturated carbocycles. The van der Waals surface area contributed by atoms with Crippen molar-refractivity contribution in [2.24, 2.45) is 17.3 Å². The predicted octanol–water partition coefficient (Wildman–Crippen LogP) is 1.12. The van der Waals surface area contributed by atoms with Crippen molar-refractivity contribution < 1.29 is 19.6 Å². The minimum atomic E-state index is -1.60. The Hall–Kier alpha value is -1.63. The molecule has 1 unspecified atom stereocenters. The third-order valence-electron chi connectivity index (χ3n) is 3.63. The molecule has 0 saturated heterocycles. The lowest BCUT2D eigenvalue weighted by Crippen LogP contribution is -2.53. The highest BCUT2D eigenvalue weighted by atomic mass is 16.5. The maximum Gasteiger partial charge on any atom is 0.259 e. The van der Waals surface area contributed by atoms with Gasteiger partial charge in [0.15, 0.2) is 0 Å². The van der Waals surface area contributed by atoms with Crippen LogP contribution in [0.4, 0.5) is 0 Å². The number of nitrogens with one attached hydrogen (secondary N) is 1. The van der Waals surface area contributed by atoms with Gasteiger partial charge in [-0.25, -0.2) is 5.48 Å². The maximum absolute atomic E-state index is 12.7. The lowest BCUT2D eigenvalue weighted by molar-refractivity contribution is -0.159. The van der Waals surface area contributed by atoms with E-state index < -0.39 is 17.2 Å². The van der Waals surface area contributed by atoms with Crippen molar-refractivity contribution in [2.75, 3.05) is 27.7 Å². The number of carbonyl (C=O) groups is 3. The molecule has 0 heterocycles. The maximum atomic E-state index is 12.7. The molecule has 0 spiro atoms. The Morgan fingerprint density at radius 3 is 1.91 bits per heavy atom. The second-order valence-electron chi connectivity index (χ2n) is 7.17. The van der Waals surface area contributed by atoms with Gasteiger partial charge in [-0.2, -0.15) is 0 Å². The number of carbonyl (C=O) groups excluding carboxylic acids is 3. The molecule has 0 aliphatic carbocycles. The van der Waals surface area contributed by atoms with Crippen molar-refractivity contribution in [3.05, 3.63) is 0 Å². The molecule has 1 atom stereocenters. The molecule has 0 aromatic rings. The van der Waals surface area contributed by atoms with Gasteiger partial charge in [0.25, 0.3) is 5.91 Å². The molecule has 0 aromatic carbocycles. The van der Waals surface area contributed by atoms with Gasteiger partial charge in [0.2, 0.25) is 11.8 Å². The Kier molecular flexibility index (Phi) is 8.23. The van der Waals surface area contributed by atoms with Crippen molar-refractivity contribution in [3.8, 4) is 0 Å². The molecule has 3 amide bonds. The van der Waals surface area contributed by atoms with Crippen molar-refractivity contribution in [1.29, 1.82) is 0 Å². The predicted molar refractivity (Wildman–Crippen MR) is 87.6 cm³/mol. The molecule has 0 rings (SSSR count). The highest BCUT2D eigenvalue weighted by Crippen LogP contribution is 2.33. The van der Waals surface area contributed by atoms with Crippen molar-refractivity contribution >= 4 is 17.7 Å². The zero-order chi connectivity index (χ0) is 18.4. The van der Waals surface area contributed by atoms with Crippen LogP contribution in [0.25, 0.3) is 0 Å². The number of nitrogens with zero attached hydrogens (tertiary/aromatic N) is 2. The summed E-state index contributed by atoms with van der Waals surface area (Å²) in [5, 5.41) is 9.12. The van der Waals surface area contributed by atoms with E-state index in [9.17, 15) is 14.4 Å². The summed E-state index contributed by atoms with van der Waals surface area (Å²) < 4.78 is 0. The van der Waals surface area contributed by atoms with Crippen LogP contribution in [0.5, 0.6) is 0 Å². The molecule has 0 bridgehead atoms. The average molecular weight is 329 g/mol. The standard InChI is InChI=1S/C16H31N3O4/c1-11(2)8-16(14(21)17-23,15(22)18(5)6)9-13(20)19(7)10-12(3)4/h11-12,23H,8-10H2,1-7H3,(H,17,21). The second kappa shape index (κ2) is 8.86. The van der Waals surface area contributed by atoms with Gasteiger partial charge in [0.05, 0.1) is 6.42 Å². The number of hydrogen-bond acceptors (Lipinski definition) is 4. The van der Waals surface area contributed by atoms with Gasteiger partial charge in [0.1, 0.15) is 5.41 Å². The van der Waals surface area contributed by atoms with Gasteiger partial charge in [-0.1, -0.05) is 27.7 Å². The largest absolute Gasteiger partial charge is 0.348 e. The SMILES string of the molecule is CC(C)CN(C)C(=O)CC(CC(C)C)(C(=O)NO)C(=O)N(C)C. The summed E-state index contributed by atoms with van der Waals surface area (Å²) >= 11 is 0. The van der Waals surface area contributed by atoms with Crippen molar-refractivity contribution in [2.45, 2.75) is 40.5 Å². The molecule has 0 aliphatic heterocycles. The number of hydroxylamine groups is 1. The number of hydrogen-bond donors (Lipinski definition) is 2. The zero-order valence-electron chi connectivity index (χ0n) is 15.3. The van der Waals surface area contributed by atoms with Crippen LogP contribution < -0.4 is 5.48 Å². The first-order chi connectivity index (χ1) is 10.5. The Bertz CT molecular complexity index is 435. The summed E-state index contributed by atoms with van der Waals surface area (Å²) in [5.41, 5.74) is -0.0275. The van der Waals surface area contributed by atoms with E-state index in [2.05, 4.69) is 0 Å². The van der Waals surface area contributed by atoms with Crippen molar-refractivity contribution in [3.63, 3.8) is 0 Å². The summed E-state index contributed by atoms with van der Waals surface area (Å²) in [7, 11) is 4.72. The highest BCUT2D eigenvalue weighted by molar-refractivity contribution is 6.07. The third-order valence-corrected chi connectivity index (χ3v) is 3.63. The van der Waals surface area contributed by atoms with E-state index in [0.29, 0.717) is 6.54 Å². The molecule has 7 heteroatoms. The van der Waals surface area contributed by atoms with Crippen LogP contribution in [0.2, 0.25) is 0 Å². The Balaban J connectivity index is 5.68. The summed E-state index contributed by atoms with van der Waals surface area (Å²) in [4.78, 5) is 40.3. The van der Waals surface area contributed by atoms with E-state index in [1.165, 1.54) is 23.9 Å². The normalized spacial score (nSPS) is 13.7. The van der Waals surface area contributed by atoms with E-state index in [4.69, 9.17) is 5.21 Å². The van der Waals surface area contributed by atoms with Crippen LogP contribution in [-0.4, -0.2) is 60.4 Å². The van der Waals surface area contributed by atoms with Crippen LogP contribution in [-0.2, 0) is 14.4 Å². The number of rotatable bonds is 8. The van der Waals surface area contributed by atoms with E-state index in [1.54, 1.807) is 12.5 Å². The van der Waals surface area contributed by atoms with Crippen molar-refractivity contribution in [1.82, 2.24) is 15.3 Å². The van der Waals surface area contributed by atoms with Gasteiger partial charge in [-0.05, 0) is 18.3 Å². The minimum absolute atomic E-state index is 0.000551. The third kappa shape index (κ3) is 5.82. The van der Waals surface area contributed by atoms with Crippen LogP contribution in [0.3, 0.4) is 0 Å². The van der Waals surface area contributed by atoms with Gasteiger partial charge in [0, 0.05) is 27.7 Å². The lowest BCUT2D eigenvalue weighted by atomic mass is 9.75. The summed E-state index contributed by atoms with van der Waals surface area (Å²) in [6, 6.07) is 0. The first-order valence-corrected chi connectivity index (χ1v) is 7.88. The van der Waals surface area contributed by atoms with Crippen LogP contribution in [0.15, 0.2) is 0 Å². The van der Waals surface area contributed by atoms with Crippen LogP contribution in [0.1, 0.15) is 40.5 Å². The van der Waals surface area contributed by atoms with E-state index in [1.807, 2.05) is 27.7 Å². The number of amides is 3. The molecular formula is C16H31N3O4. The monoisotopic (exact) mass is 329 g/mol. The van der Waals surface area contributed by atoms with Gasteiger partial charge < -0.3 is 9.80 Å². The Labute approximate surface area is 139 Å². The average Bonchev–Trinajstić information content (AvgIpc) is 2.43. The fourth-order valence-electron chi connectivity index (χ4n) is 2.78. The topological polar surface area (TPSA) is 90.0 Å². The molecule has 0 aliphatic rings. The first-order valence-electron chi connectivity index (χ1n) is 7.88. The first kappa shape index (κ1) is 21.4. The minimum Gasteiger partial charge on any atom is -0.348 e. The molecule has 0 aromatic heterocycles. The molecule has 2 N–H and O–H groups in total. The molecular weight excluding hydrogens is 298 g/mol. The van der Waals surface area contributed by atoms with Gasteiger partial charge in [-0.15, -0.1) is 0 Å². The fraction of sp³-hybridized carbons (Fsp3) is 0.812. The Morgan fingerprint density at radius 1 is 1.04 bits per heavy atom. The second-order valence-corrected chi connectivity index (χ2v) is 7.17.